The molecule has 0 spiro atoms. The van der Waals surface area contributed by atoms with Crippen LogP contribution >= 0.6 is 0 Å². The number of nitrogens with one attached hydrogen (secondary N) is 1. The van der Waals surface area contributed by atoms with Gasteiger partial charge in [-0.25, -0.2) is 23.1 Å². The summed E-state index contributed by atoms with van der Waals surface area (Å²) in [6.45, 7) is -1.07. The van der Waals surface area contributed by atoms with Crippen LogP contribution in [0.4, 0.5) is 18.9 Å². The Kier molecular flexibility index (Phi) is 4.58. The maximum Gasteiger partial charge on any atom is 0.283 e. The van der Waals surface area contributed by atoms with Crippen molar-refractivity contribution in [1.29, 1.82) is 5.26 Å². The third-order valence-electron chi connectivity index (χ3n) is 4.97. The second-order valence-electron chi connectivity index (χ2n) is 6.86. The molecule has 3 heterocycles. The highest BCUT2D eigenvalue weighted by Gasteiger charge is 2.63. The van der Waals surface area contributed by atoms with Gasteiger partial charge in [-0.15, -0.1) is 0 Å². The average molecular weight is 417 g/mol. The van der Waals surface area contributed by atoms with Crippen molar-refractivity contribution in [3.63, 3.8) is 0 Å². The molecule has 4 rings (SSSR count). The van der Waals surface area contributed by atoms with E-state index in [9.17, 15) is 13.6 Å². The fourth-order valence-corrected chi connectivity index (χ4v) is 3.45. The fourth-order valence-electron chi connectivity index (χ4n) is 3.45. The predicted octanol–water partition coefficient (Wildman–Crippen LogP) is 1.76. The number of rotatable bonds is 3. The topological polar surface area (TPSA) is 123 Å². The lowest BCUT2D eigenvalue weighted by molar-refractivity contribution is -0.0718. The SMILES string of the molecule is N#Cc1cnc(C(=O)Nc2ccc(F)c([C@]34COC[C@]3(F)CN=C(N)O4)c2)c(F)c1. The van der Waals surface area contributed by atoms with Gasteiger partial charge >= 0.3 is 0 Å². The lowest BCUT2D eigenvalue weighted by Crippen LogP contribution is -2.57. The van der Waals surface area contributed by atoms with Crippen molar-refractivity contribution in [1.82, 2.24) is 4.98 Å². The van der Waals surface area contributed by atoms with Gasteiger partial charge in [0.05, 0.1) is 25.3 Å². The zero-order valence-electron chi connectivity index (χ0n) is 15.3. The van der Waals surface area contributed by atoms with E-state index in [0.29, 0.717) is 0 Å². The summed E-state index contributed by atoms with van der Waals surface area (Å²) in [7, 11) is 0. The number of fused-ring (bicyclic) bond motifs is 1. The van der Waals surface area contributed by atoms with Gasteiger partial charge in [-0.3, -0.25) is 4.79 Å². The van der Waals surface area contributed by atoms with Crippen molar-refractivity contribution in [3.8, 4) is 6.07 Å². The molecule has 30 heavy (non-hydrogen) atoms. The number of ether oxygens (including phenoxy) is 2. The predicted molar refractivity (Wildman–Crippen MR) is 97.2 cm³/mol. The third-order valence-corrected chi connectivity index (χ3v) is 4.97. The summed E-state index contributed by atoms with van der Waals surface area (Å²) in [5.74, 6) is -2.75. The molecule has 1 aromatic carbocycles. The second-order valence-corrected chi connectivity index (χ2v) is 6.86. The molecule has 3 N–H and O–H groups in total. The van der Waals surface area contributed by atoms with Gasteiger partial charge in [0.1, 0.15) is 11.9 Å². The van der Waals surface area contributed by atoms with Crippen LogP contribution in [0.5, 0.6) is 0 Å². The minimum absolute atomic E-state index is 0.0373. The molecule has 154 valence electrons. The highest BCUT2D eigenvalue weighted by Crippen LogP contribution is 2.48. The number of carbonyl (C=O) groups is 1. The molecule has 0 radical (unpaired) electrons. The number of benzene rings is 1. The van der Waals surface area contributed by atoms with Crippen molar-refractivity contribution < 1.29 is 27.4 Å². The van der Waals surface area contributed by atoms with Crippen molar-refractivity contribution in [2.75, 3.05) is 25.1 Å². The fraction of sp³-hybridized carbons (Fsp3) is 0.263. The number of pyridine rings is 1. The second kappa shape index (κ2) is 7.00. The summed E-state index contributed by atoms with van der Waals surface area (Å²) in [4.78, 5) is 19.7. The van der Waals surface area contributed by atoms with Crippen molar-refractivity contribution in [3.05, 3.63) is 58.9 Å². The molecule has 2 atom stereocenters. The van der Waals surface area contributed by atoms with Gasteiger partial charge in [0.25, 0.3) is 11.9 Å². The van der Waals surface area contributed by atoms with Crippen molar-refractivity contribution in [2.24, 2.45) is 10.7 Å². The van der Waals surface area contributed by atoms with Crippen molar-refractivity contribution in [2.45, 2.75) is 11.3 Å². The molecule has 1 aromatic heterocycles. The normalized spacial score (nSPS) is 24.9. The molecule has 0 aliphatic carbocycles. The smallest absolute Gasteiger partial charge is 0.283 e. The number of carbonyl (C=O) groups excluding carboxylic acids is 1. The molecular weight excluding hydrogens is 403 g/mol. The van der Waals surface area contributed by atoms with Gasteiger partial charge in [-0.1, -0.05) is 0 Å². The molecule has 2 aromatic rings. The molecule has 1 saturated heterocycles. The summed E-state index contributed by atoms with van der Waals surface area (Å²) in [6, 6.07) is 5.64. The first kappa shape index (κ1) is 19.7. The Morgan fingerprint density at radius 1 is 1.27 bits per heavy atom. The van der Waals surface area contributed by atoms with Crippen LogP contribution in [0.3, 0.4) is 0 Å². The molecule has 0 unspecified atom stereocenters. The first-order chi connectivity index (χ1) is 14.3. The van der Waals surface area contributed by atoms with E-state index in [4.69, 9.17) is 20.5 Å². The molecule has 1 amide bonds. The highest BCUT2D eigenvalue weighted by atomic mass is 19.1. The average Bonchev–Trinajstić information content (AvgIpc) is 3.06. The number of hydrogen-bond acceptors (Lipinski definition) is 7. The first-order valence-corrected chi connectivity index (χ1v) is 8.71. The number of halogens is 3. The molecule has 1 fully saturated rings. The number of hydrogen-bond donors (Lipinski definition) is 2. The van der Waals surface area contributed by atoms with Crippen LogP contribution in [0.2, 0.25) is 0 Å². The molecular formula is C19H14F3N5O3. The number of aliphatic imine (C=N–C) groups is 1. The van der Waals surface area contributed by atoms with Crippen LogP contribution < -0.4 is 11.1 Å². The molecule has 2 aliphatic rings. The van der Waals surface area contributed by atoms with E-state index in [2.05, 4.69) is 15.3 Å². The number of aromatic nitrogens is 1. The summed E-state index contributed by atoms with van der Waals surface area (Å²) in [5, 5.41) is 11.1. The van der Waals surface area contributed by atoms with Crippen LogP contribution in [0.1, 0.15) is 21.6 Å². The Morgan fingerprint density at radius 3 is 2.80 bits per heavy atom. The monoisotopic (exact) mass is 417 g/mol. The van der Waals surface area contributed by atoms with E-state index in [0.717, 1.165) is 24.4 Å². The number of nitriles is 1. The zero-order chi connectivity index (χ0) is 21.5. The van der Waals surface area contributed by atoms with Gasteiger partial charge in [0, 0.05) is 17.4 Å². The van der Waals surface area contributed by atoms with E-state index in [1.165, 1.54) is 6.07 Å². The number of anilines is 1. The Balaban J connectivity index is 1.69. The quantitative estimate of drug-likeness (QED) is 0.785. The van der Waals surface area contributed by atoms with Gasteiger partial charge in [0.15, 0.2) is 17.2 Å². The largest absolute Gasteiger partial charge is 0.448 e. The molecule has 0 saturated carbocycles. The summed E-state index contributed by atoms with van der Waals surface area (Å²) < 4.78 is 54.9. The number of amides is 1. The minimum Gasteiger partial charge on any atom is -0.448 e. The number of nitrogens with zero attached hydrogens (tertiary/aromatic N) is 3. The number of alkyl halides is 1. The summed E-state index contributed by atoms with van der Waals surface area (Å²) in [5.41, 5.74) is 0.734. The van der Waals surface area contributed by atoms with Gasteiger partial charge < -0.3 is 20.5 Å². The van der Waals surface area contributed by atoms with E-state index in [1.54, 1.807) is 6.07 Å². The Morgan fingerprint density at radius 2 is 2.07 bits per heavy atom. The Bertz CT molecular complexity index is 1120. The maximum absolute atomic E-state index is 15.5. The van der Waals surface area contributed by atoms with E-state index in [-0.39, 0.29) is 42.6 Å². The van der Waals surface area contributed by atoms with E-state index >= 15 is 4.39 Å². The lowest BCUT2D eigenvalue weighted by atomic mass is 9.80. The highest BCUT2D eigenvalue weighted by molar-refractivity contribution is 6.03. The summed E-state index contributed by atoms with van der Waals surface area (Å²) >= 11 is 0. The Labute approximate surface area is 168 Å². The summed E-state index contributed by atoms with van der Waals surface area (Å²) in [6.07, 6.45) is 1.04. The van der Waals surface area contributed by atoms with Crippen LogP contribution in [0.25, 0.3) is 0 Å². The van der Waals surface area contributed by atoms with E-state index < -0.39 is 34.5 Å². The Hall–Kier alpha value is -3.65. The van der Waals surface area contributed by atoms with Crippen LogP contribution in [-0.2, 0) is 15.1 Å². The number of nitrogens with two attached hydrogens (primary N) is 1. The van der Waals surface area contributed by atoms with Crippen LogP contribution in [-0.4, -0.2) is 42.3 Å². The number of amidine groups is 1. The third kappa shape index (κ3) is 3.02. The minimum atomic E-state index is -2.17. The van der Waals surface area contributed by atoms with Crippen LogP contribution in [0, 0.1) is 23.0 Å². The van der Waals surface area contributed by atoms with E-state index in [1.807, 2.05) is 0 Å². The molecule has 2 aliphatic heterocycles. The standard InChI is InChI=1S/C19H14F3N5O3/c20-13-2-1-11(27-16(28)15-14(21)3-10(5-23)6-25-15)4-12(13)19-9-29-8-18(19,22)7-26-17(24)30-19/h1-4,6H,7-9H2,(H2,24,26)(H,27,28)/t18-,19-/m1/s1. The molecule has 8 nitrogen and oxygen atoms in total. The van der Waals surface area contributed by atoms with Crippen LogP contribution in [0.15, 0.2) is 35.5 Å². The first-order valence-electron chi connectivity index (χ1n) is 8.71. The van der Waals surface area contributed by atoms with Crippen molar-refractivity contribution >= 4 is 17.6 Å². The van der Waals surface area contributed by atoms with Gasteiger partial charge in [0.2, 0.25) is 5.60 Å². The molecule has 11 heteroatoms. The zero-order valence-corrected chi connectivity index (χ0v) is 15.3. The van der Waals surface area contributed by atoms with Gasteiger partial charge in [-0.05, 0) is 24.3 Å². The van der Waals surface area contributed by atoms with Gasteiger partial charge in [-0.2, -0.15) is 5.26 Å². The molecule has 0 bridgehead atoms. The lowest BCUT2D eigenvalue weighted by Gasteiger charge is -2.40. The maximum atomic E-state index is 15.5.